The molecule has 1 aliphatic rings. The van der Waals surface area contributed by atoms with Gasteiger partial charge in [0.2, 0.25) is 0 Å². The maximum Gasteiger partial charge on any atom is 0.157 e. The highest BCUT2D eigenvalue weighted by Gasteiger charge is 2.31. The van der Waals surface area contributed by atoms with E-state index in [1.807, 2.05) is 0 Å². The number of hydrogen-bond donors (Lipinski definition) is 4. The quantitative estimate of drug-likeness (QED) is 0.344. The zero-order valence-electron chi connectivity index (χ0n) is 4.34. The second-order valence-corrected chi connectivity index (χ2v) is 4.12. The molecule has 0 unspecified atom stereocenters. The Bertz CT molecular complexity index is 145. The molecule has 1 rings (SSSR count). The highest BCUT2D eigenvalue weighted by molar-refractivity contribution is 8.01. The van der Waals surface area contributed by atoms with Crippen LogP contribution in [0.4, 0.5) is 0 Å². The molecule has 0 radical (unpaired) electrons. The minimum absolute atomic E-state index is 0.620. The van der Waals surface area contributed by atoms with Crippen LogP contribution < -0.4 is 0 Å². The summed E-state index contributed by atoms with van der Waals surface area (Å²) in [6.07, 6.45) is 3.48. The maximum atomic E-state index is 4.14. The lowest BCUT2D eigenvalue weighted by Crippen LogP contribution is -2.31. The summed E-state index contributed by atoms with van der Waals surface area (Å²) in [5, 5.41) is 0. The van der Waals surface area contributed by atoms with E-state index < -0.39 is 4.20 Å². The van der Waals surface area contributed by atoms with Crippen molar-refractivity contribution in [1.29, 1.82) is 0 Å². The van der Waals surface area contributed by atoms with E-state index in [4.69, 9.17) is 0 Å². The van der Waals surface area contributed by atoms with Crippen LogP contribution in [-0.2, 0) is 0 Å². The van der Waals surface area contributed by atoms with Gasteiger partial charge < -0.3 is 0 Å². The van der Waals surface area contributed by atoms with Gasteiger partial charge in [0.1, 0.15) is 0 Å². The van der Waals surface area contributed by atoms with Crippen molar-refractivity contribution in [2.45, 2.75) is 4.20 Å². The van der Waals surface area contributed by atoms with Crippen molar-refractivity contribution < 1.29 is 0 Å². The van der Waals surface area contributed by atoms with Gasteiger partial charge in [-0.2, -0.15) is 0 Å². The van der Waals surface area contributed by atoms with Crippen LogP contribution in [0.5, 0.6) is 0 Å². The van der Waals surface area contributed by atoms with Crippen LogP contribution >= 0.6 is 50.9 Å². The summed E-state index contributed by atoms with van der Waals surface area (Å²) in [6, 6.07) is 0. The van der Waals surface area contributed by atoms with Gasteiger partial charge in [-0.3, -0.25) is 0 Å². The van der Waals surface area contributed by atoms with Gasteiger partial charge in [-0.1, -0.05) is 12.8 Å². The molecule has 6 heteroatoms. The molecule has 2 nitrogen and oxygen atoms in total. The van der Waals surface area contributed by atoms with Crippen LogP contribution in [0.3, 0.4) is 0 Å². The predicted molar refractivity (Wildman–Crippen MR) is 51.5 cm³/mol. The van der Waals surface area contributed by atoms with Crippen molar-refractivity contribution in [3.05, 3.63) is 12.3 Å². The van der Waals surface area contributed by atoms with Crippen LogP contribution in [0.15, 0.2) is 12.3 Å². The molecule has 0 saturated carbocycles. The fourth-order valence-electron chi connectivity index (χ4n) is 0.447. The van der Waals surface area contributed by atoms with E-state index in [0.717, 1.165) is 0 Å². The number of thiol groups is 4. The van der Waals surface area contributed by atoms with E-state index in [1.165, 1.54) is 8.83 Å². The molecule has 0 bridgehead atoms. The minimum Gasteiger partial charge on any atom is -0.246 e. The summed E-state index contributed by atoms with van der Waals surface area (Å²) in [6.45, 7) is 0. The molecular formula is C3H6N2S4. The van der Waals surface area contributed by atoms with Crippen molar-refractivity contribution >= 4 is 50.9 Å². The smallest absolute Gasteiger partial charge is 0.157 e. The summed E-state index contributed by atoms with van der Waals surface area (Å²) in [5.41, 5.74) is 0. The van der Waals surface area contributed by atoms with E-state index in [1.54, 1.807) is 12.3 Å². The van der Waals surface area contributed by atoms with E-state index in [0.29, 0.717) is 0 Å². The van der Waals surface area contributed by atoms with Gasteiger partial charge >= 0.3 is 0 Å². The Morgan fingerprint density at radius 2 is 1.78 bits per heavy atom. The Morgan fingerprint density at radius 3 is 1.89 bits per heavy atom. The molecule has 9 heavy (non-hydrogen) atoms. The summed E-state index contributed by atoms with van der Waals surface area (Å²) in [4.78, 5) is 0. The maximum absolute atomic E-state index is 4.14. The van der Waals surface area contributed by atoms with Crippen molar-refractivity contribution in [2.75, 3.05) is 0 Å². The Morgan fingerprint density at radius 1 is 1.22 bits per heavy atom. The Labute approximate surface area is 76.2 Å². The third-order valence-corrected chi connectivity index (χ3v) is 2.87. The number of rotatable bonds is 0. The van der Waals surface area contributed by atoms with Crippen molar-refractivity contribution in [1.82, 2.24) is 8.83 Å². The second kappa shape index (κ2) is 2.50. The van der Waals surface area contributed by atoms with Crippen LogP contribution in [-0.4, -0.2) is 13.0 Å². The fourth-order valence-corrected chi connectivity index (χ4v) is 1.25. The molecule has 0 spiro atoms. The Balaban J connectivity index is 2.74. The molecule has 0 aromatic rings. The zero-order chi connectivity index (χ0) is 7.07. The predicted octanol–water partition coefficient (Wildman–Crippen LogP) is 1.24. The molecule has 0 aromatic carbocycles. The molecule has 0 fully saturated rings. The zero-order valence-corrected chi connectivity index (χ0v) is 7.92. The molecule has 1 heterocycles. The highest BCUT2D eigenvalue weighted by atomic mass is 32.2. The number of hydrazine groups is 1. The molecular weight excluding hydrogens is 192 g/mol. The lowest BCUT2D eigenvalue weighted by Gasteiger charge is -2.27. The van der Waals surface area contributed by atoms with Gasteiger partial charge in [-0.05, 0) is 18.9 Å². The molecule has 0 amide bonds. The van der Waals surface area contributed by atoms with E-state index >= 15 is 0 Å². The molecule has 0 N–H and O–H groups in total. The first-order valence-electron chi connectivity index (χ1n) is 2.15. The van der Waals surface area contributed by atoms with Crippen LogP contribution in [0, 0.1) is 0 Å². The van der Waals surface area contributed by atoms with Gasteiger partial charge in [0, 0.05) is 6.20 Å². The minimum atomic E-state index is -0.620. The lowest BCUT2D eigenvalue weighted by molar-refractivity contribution is 0.298. The van der Waals surface area contributed by atoms with Crippen molar-refractivity contribution in [3.63, 3.8) is 0 Å². The molecule has 0 aliphatic carbocycles. The van der Waals surface area contributed by atoms with Crippen LogP contribution in [0.1, 0.15) is 0 Å². The van der Waals surface area contributed by atoms with Crippen LogP contribution in [0.25, 0.3) is 0 Å². The molecule has 1 aliphatic heterocycles. The first-order chi connectivity index (χ1) is 4.04. The van der Waals surface area contributed by atoms with Gasteiger partial charge in [0.15, 0.2) is 4.20 Å². The Kier molecular flexibility index (Phi) is 2.22. The number of hydrogen-bond acceptors (Lipinski definition) is 6. The highest BCUT2D eigenvalue weighted by Crippen LogP contribution is 2.35. The Hall–Kier alpha value is 0.900. The van der Waals surface area contributed by atoms with Gasteiger partial charge in [0.05, 0.1) is 0 Å². The van der Waals surface area contributed by atoms with E-state index in [9.17, 15) is 0 Å². The van der Waals surface area contributed by atoms with Gasteiger partial charge in [-0.15, -0.1) is 29.7 Å². The first-order valence-corrected chi connectivity index (χ1v) is 3.85. The fraction of sp³-hybridized carbons (Fsp3) is 0.333. The standard InChI is InChI=1S/C3H6N2S4/c6-3(7)1-2-4(8)5(3)9/h1-2,6-9H. The molecule has 0 atom stereocenters. The summed E-state index contributed by atoms with van der Waals surface area (Å²) in [7, 11) is 0. The SMILES string of the molecule is SN1C=CC(S)(S)N1S. The van der Waals surface area contributed by atoms with Crippen molar-refractivity contribution in [2.24, 2.45) is 0 Å². The number of nitrogens with zero attached hydrogens (tertiary/aromatic N) is 2. The average molecular weight is 198 g/mol. The summed E-state index contributed by atoms with van der Waals surface area (Å²) in [5.74, 6) is 0. The van der Waals surface area contributed by atoms with Crippen molar-refractivity contribution in [3.8, 4) is 0 Å². The summed E-state index contributed by atoms with van der Waals surface area (Å²) < 4.78 is 2.34. The van der Waals surface area contributed by atoms with E-state index in [-0.39, 0.29) is 0 Å². The van der Waals surface area contributed by atoms with Crippen LogP contribution in [0.2, 0.25) is 0 Å². The molecule has 52 valence electrons. The second-order valence-electron chi connectivity index (χ2n) is 1.61. The monoisotopic (exact) mass is 198 g/mol. The topological polar surface area (TPSA) is 6.48 Å². The lowest BCUT2D eigenvalue weighted by atomic mass is 10.6. The third-order valence-electron chi connectivity index (χ3n) is 0.920. The first kappa shape index (κ1) is 8.00. The van der Waals surface area contributed by atoms with Gasteiger partial charge in [-0.25, -0.2) is 4.41 Å². The van der Waals surface area contributed by atoms with E-state index in [2.05, 4.69) is 50.9 Å². The molecule has 0 aromatic heterocycles. The summed E-state index contributed by atoms with van der Waals surface area (Å²) >= 11 is 16.3. The average Bonchev–Trinajstić information content (AvgIpc) is 1.97. The normalized spacial score (nSPS) is 25.6. The third kappa shape index (κ3) is 1.48. The largest absolute Gasteiger partial charge is 0.246 e. The molecule has 0 saturated heterocycles. The van der Waals surface area contributed by atoms with Gasteiger partial charge in [0.25, 0.3) is 0 Å².